The van der Waals surface area contributed by atoms with Crippen LogP contribution in [0.1, 0.15) is 11.4 Å². The molecule has 1 radical (unpaired) electrons. The summed E-state index contributed by atoms with van der Waals surface area (Å²) in [5.74, 6) is -0.529. The predicted molar refractivity (Wildman–Crippen MR) is 43.4 cm³/mol. The van der Waals surface area contributed by atoms with Gasteiger partial charge in [0.2, 0.25) is 0 Å². The number of hydrogen-bond donors (Lipinski definition) is 0. The number of rotatable bonds is 1. The molecule has 0 spiro atoms. The molecule has 2 rings (SSSR count). The smallest absolute Gasteiger partial charge is 0.263 e. The average molecular weight is 253 g/mol. The molecule has 0 bridgehead atoms. The summed E-state index contributed by atoms with van der Waals surface area (Å²) in [6.45, 7) is 0. The maximum atomic E-state index is 13.0. The number of fused-ring (bicyclic) bond motifs is 1. The minimum atomic E-state index is -2.65. The van der Waals surface area contributed by atoms with Crippen LogP contribution in [0.25, 0.3) is 10.2 Å². The van der Waals surface area contributed by atoms with Gasteiger partial charge in [-0.25, -0.2) is 13.2 Å². The van der Waals surface area contributed by atoms with Crippen molar-refractivity contribution in [2.75, 3.05) is 0 Å². The third-order valence-corrected chi connectivity index (χ3v) is 2.57. The number of thiazole rings is 1. The molecule has 2 aromatic rings. The molecule has 1 heterocycles. The van der Waals surface area contributed by atoms with Crippen LogP contribution in [-0.4, -0.2) is 4.98 Å². The van der Waals surface area contributed by atoms with Crippen LogP contribution in [0.5, 0.6) is 0 Å². The summed E-state index contributed by atoms with van der Waals surface area (Å²) in [5, 5.41) is -0.364. The molecule has 0 N–H and O–H groups in total. The maximum Gasteiger partial charge on any atom is 0.288 e. The van der Waals surface area contributed by atoms with Gasteiger partial charge in [0.25, 0.3) is 6.43 Å². The molecular weight excluding hydrogens is 250 g/mol. The fraction of sp³-hybridized carbons (Fsp3) is 0.125. The Morgan fingerprint density at radius 2 is 2.14 bits per heavy atom. The molecule has 6 heteroatoms. The summed E-state index contributed by atoms with van der Waals surface area (Å²) in [4.78, 5) is 3.55. The first-order valence-electron chi connectivity index (χ1n) is 3.43. The van der Waals surface area contributed by atoms with Crippen molar-refractivity contribution in [3.8, 4) is 0 Å². The van der Waals surface area contributed by atoms with Crippen molar-refractivity contribution in [3.05, 3.63) is 29.0 Å². The molecule has 0 saturated carbocycles. The molecule has 0 aliphatic carbocycles. The van der Waals surface area contributed by atoms with Crippen LogP contribution in [0.4, 0.5) is 13.2 Å². The van der Waals surface area contributed by atoms with E-state index in [2.05, 4.69) is 11.1 Å². The Labute approximate surface area is 93.8 Å². The van der Waals surface area contributed by atoms with Gasteiger partial charge in [-0.3, -0.25) is 4.98 Å². The average Bonchev–Trinajstić information content (AvgIpc) is 2.49. The van der Waals surface area contributed by atoms with Crippen LogP contribution in [0.3, 0.4) is 0 Å². The summed E-state index contributed by atoms with van der Waals surface area (Å²) in [7, 11) is 0. The van der Waals surface area contributed by atoms with Gasteiger partial charge in [-0.05, 0) is 10.2 Å². The fourth-order valence-electron chi connectivity index (χ4n) is 0.959. The summed E-state index contributed by atoms with van der Waals surface area (Å²) in [6, 6.07) is 5.10. The van der Waals surface area contributed by atoms with E-state index in [0.717, 1.165) is 0 Å². The second kappa shape index (κ2) is 4.34. The Morgan fingerprint density at radius 3 is 2.71 bits per heavy atom. The standard InChI is InChI=1S/C8H3F3NS.V/c9-4-2-1-3-5-6(4)13-8(12-5)7(10)11;/h1-2,7H;/q-1;. The number of alkyl halides is 2. The van der Waals surface area contributed by atoms with Gasteiger partial charge in [0.15, 0.2) is 0 Å². The van der Waals surface area contributed by atoms with Gasteiger partial charge in [-0.15, -0.1) is 6.07 Å². The topological polar surface area (TPSA) is 12.9 Å². The Kier molecular flexibility index (Phi) is 3.58. The summed E-state index contributed by atoms with van der Waals surface area (Å²) in [6.07, 6.45) is -2.65. The minimum absolute atomic E-state index is 0. The van der Waals surface area contributed by atoms with Crippen LogP contribution in [-0.2, 0) is 18.6 Å². The Morgan fingerprint density at radius 1 is 1.43 bits per heavy atom. The number of benzene rings is 1. The van der Waals surface area contributed by atoms with Gasteiger partial charge in [0, 0.05) is 24.4 Å². The van der Waals surface area contributed by atoms with Crippen molar-refractivity contribution in [2.24, 2.45) is 0 Å². The second-order valence-electron chi connectivity index (χ2n) is 2.36. The van der Waals surface area contributed by atoms with Crippen LogP contribution in [0.2, 0.25) is 0 Å². The second-order valence-corrected chi connectivity index (χ2v) is 3.39. The van der Waals surface area contributed by atoms with Gasteiger partial charge in [0.1, 0.15) is 5.01 Å². The van der Waals surface area contributed by atoms with E-state index in [1.165, 1.54) is 12.1 Å². The van der Waals surface area contributed by atoms with Crippen molar-refractivity contribution >= 4 is 21.6 Å². The number of hydrogen-bond acceptors (Lipinski definition) is 2. The van der Waals surface area contributed by atoms with E-state index in [-0.39, 0.29) is 33.8 Å². The fourth-order valence-corrected chi connectivity index (χ4v) is 1.76. The van der Waals surface area contributed by atoms with E-state index < -0.39 is 12.2 Å². The molecule has 14 heavy (non-hydrogen) atoms. The van der Waals surface area contributed by atoms with E-state index in [1.54, 1.807) is 0 Å². The molecule has 0 aliphatic rings. The SMILES string of the molecule is Fc1cc[c-]c2nc(C(F)F)sc12.[V]. The molecular formula is C8H3F3NSV-. The van der Waals surface area contributed by atoms with Gasteiger partial charge >= 0.3 is 0 Å². The van der Waals surface area contributed by atoms with Crippen LogP contribution >= 0.6 is 11.3 Å². The van der Waals surface area contributed by atoms with Gasteiger partial charge in [-0.2, -0.15) is 23.5 Å². The first-order chi connectivity index (χ1) is 6.18. The van der Waals surface area contributed by atoms with Crippen molar-refractivity contribution < 1.29 is 31.7 Å². The number of halogens is 3. The minimum Gasteiger partial charge on any atom is -0.263 e. The third kappa shape index (κ3) is 1.94. The number of nitrogens with zero attached hydrogens (tertiary/aromatic N) is 1. The molecule has 73 valence electrons. The molecule has 0 aliphatic heterocycles. The van der Waals surface area contributed by atoms with Crippen molar-refractivity contribution in [3.63, 3.8) is 0 Å². The van der Waals surface area contributed by atoms with E-state index in [4.69, 9.17) is 0 Å². The van der Waals surface area contributed by atoms with Crippen LogP contribution in [0.15, 0.2) is 12.1 Å². The quantitative estimate of drug-likeness (QED) is 0.711. The molecule has 1 aromatic carbocycles. The first kappa shape index (κ1) is 11.6. The third-order valence-electron chi connectivity index (χ3n) is 1.50. The van der Waals surface area contributed by atoms with E-state index in [0.29, 0.717) is 11.3 Å². The monoisotopic (exact) mass is 253 g/mol. The maximum absolute atomic E-state index is 13.0. The van der Waals surface area contributed by atoms with Crippen molar-refractivity contribution in [1.82, 2.24) is 4.98 Å². The van der Waals surface area contributed by atoms with Gasteiger partial charge < -0.3 is 0 Å². The van der Waals surface area contributed by atoms with E-state index in [1.807, 2.05) is 0 Å². The largest absolute Gasteiger partial charge is 0.288 e. The molecule has 0 fully saturated rings. The molecule has 0 amide bonds. The molecule has 0 saturated heterocycles. The Balaban J connectivity index is 0.000000980. The predicted octanol–water partition coefficient (Wildman–Crippen LogP) is 3.17. The molecule has 0 unspecified atom stereocenters. The normalized spacial score (nSPS) is 10.6. The van der Waals surface area contributed by atoms with Gasteiger partial charge in [-0.1, -0.05) is 0 Å². The van der Waals surface area contributed by atoms with E-state index >= 15 is 0 Å². The van der Waals surface area contributed by atoms with Gasteiger partial charge in [0.05, 0.1) is 0 Å². The van der Waals surface area contributed by atoms with E-state index in [9.17, 15) is 13.2 Å². The first-order valence-corrected chi connectivity index (χ1v) is 4.25. The summed E-state index contributed by atoms with van der Waals surface area (Å²) < 4.78 is 37.4. The molecule has 1 aromatic heterocycles. The van der Waals surface area contributed by atoms with Crippen LogP contribution in [0, 0.1) is 11.9 Å². The van der Waals surface area contributed by atoms with Crippen molar-refractivity contribution in [1.29, 1.82) is 0 Å². The summed E-state index contributed by atoms with van der Waals surface area (Å²) in [5.41, 5.74) is 0.167. The summed E-state index contributed by atoms with van der Waals surface area (Å²) >= 11 is 0.665. The molecule has 0 atom stereocenters. The zero-order valence-electron chi connectivity index (χ0n) is 6.67. The van der Waals surface area contributed by atoms with Crippen molar-refractivity contribution in [2.45, 2.75) is 6.43 Å². The zero-order chi connectivity index (χ0) is 9.42. The van der Waals surface area contributed by atoms with Crippen LogP contribution < -0.4 is 0 Å². The Hall–Kier alpha value is -0.516. The Bertz CT molecular complexity index is 443. The zero-order valence-corrected chi connectivity index (χ0v) is 8.88. The molecule has 1 nitrogen and oxygen atoms in total. The number of aromatic nitrogens is 1.